The lowest BCUT2D eigenvalue weighted by Gasteiger charge is -2.16. The Hall–Kier alpha value is -1.26. The molecule has 0 aliphatic carbocycles. The molecule has 0 aliphatic rings. The van der Waals surface area contributed by atoms with Gasteiger partial charge in [0.1, 0.15) is 0 Å². The summed E-state index contributed by atoms with van der Waals surface area (Å²) in [4.78, 5) is 8.32. The Morgan fingerprint density at radius 2 is 2.18 bits per heavy atom. The predicted octanol–water partition coefficient (Wildman–Crippen LogP) is 2.74. The molecule has 0 saturated carbocycles. The number of pyridine rings is 2. The van der Waals surface area contributed by atoms with E-state index < -0.39 is 0 Å². The molecular formula is C13H14BrN3. The zero-order valence-electron chi connectivity index (χ0n) is 9.60. The lowest BCUT2D eigenvalue weighted by Crippen LogP contribution is -2.19. The number of nitrogens with zero attached hydrogens (tertiary/aromatic N) is 2. The number of hydrogen-bond acceptors (Lipinski definition) is 3. The molecule has 2 rings (SSSR count). The van der Waals surface area contributed by atoms with Crippen LogP contribution in [0.5, 0.6) is 0 Å². The topological polar surface area (TPSA) is 37.8 Å². The average Bonchev–Trinajstić information content (AvgIpc) is 2.37. The highest BCUT2D eigenvalue weighted by Gasteiger charge is 2.10. The minimum atomic E-state index is 0.264. The second-order valence-electron chi connectivity index (χ2n) is 3.84. The molecule has 4 heteroatoms. The van der Waals surface area contributed by atoms with Crippen LogP contribution in [0.2, 0.25) is 0 Å². The van der Waals surface area contributed by atoms with E-state index in [1.54, 1.807) is 12.4 Å². The molecule has 0 saturated heterocycles. The fourth-order valence-electron chi connectivity index (χ4n) is 1.77. The maximum atomic E-state index is 4.17. The van der Waals surface area contributed by atoms with E-state index in [1.165, 1.54) is 11.1 Å². The molecule has 2 aromatic rings. The number of likely N-dealkylation sites (N-methyl/N-ethyl adjacent to an activating group) is 1. The number of rotatable bonds is 4. The van der Waals surface area contributed by atoms with E-state index in [0.717, 1.165) is 10.9 Å². The maximum absolute atomic E-state index is 4.17. The Morgan fingerprint density at radius 1 is 1.29 bits per heavy atom. The van der Waals surface area contributed by atoms with Crippen LogP contribution in [0.4, 0.5) is 0 Å². The van der Waals surface area contributed by atoms with Gasteiger partial charge in [-0.15, -0.1) is 0 Å². The third-order valence-corrected chi connectivity index (χ3v) is 3.07. The van der Waals surface area contributed by atoms with Gasteiger partial charge in [-0.2, -0.15) is 0 Å². The number of aromatic nitrogens is 2. The van der Waals surface area contributed by atoms with E-state index in [9.17, 15) is 0 Å². The summed E-state index contributed by atoms with van der Waals surface area (Å²) in [5, 5.41) is 3.30. The molecule has 0 aliphatic heterocycles. The van der Waals surface area contributed by atoms with Crippen LogP contribution in [0.1, 0.15) is 17.2 Å². The summed E-state index contributed by atoms with van der Waals surface area (Å²) in [6.45, 7) is 0. The molecule has 1 N–H and O–H groups in total. The van der Waals surface area contributed by atoms with Gasteiger partial charge in [-0.3, -0.25) is 9.97 Å². The smallest absolute Gasteiger partial charge is 0.0410 e. The van der Waals surface area contributed by atoms with Gasteiger partial charge in [0.2, 0.25) is 0 Å². The number of hydrogen-bond donors (Lipinski definition) is 1. The molecule has 0 fully saturated rings. The van der Waals surface area contributed by atoms with E-state index in [4.69, 9.17) is 0 Å². The van der Waals surface area contributed by atoms with Gasteiger partial charge in [0, 0.05) is 35.3 Å². The molecule has 0 spiro atoms. The van der Waals surface area contributed by atoms with Crippen LogP contribution < -0.4 is 5.32 Å². The van der Waals surface area contributed by atoms with Crippen molar-refractivity contribution in [2.24, 2.45) is 0 Å². The van der Waals surface area contributed by atoms with Gasteiger partial charge in [0.15, 0.2) is 0 Å². The Labute approximate surface area is 109 Å². The summed E-state index contributed by atoms with van der Waals surface area (Å²) in [6.07, 6.45) is 8.27. The van der Waals surface area contributed by atoms with Crippen LogP contribution >= 0.6 is 15.9 Å². The standard InChI is InChI=1S/C13H14BrN3/c1-15-13(11-3-2-4-16-8-11)6-10-5-12(14)9-17-7-10/h2-5,7-9,13,15H,6H2,1H3. The Morgan fingerprint density at radius 3 is 2.82 bits per heavy atom. The quantitative estimate of drug-likeness (QED) is 0.941. The van der Waals surface area contributed by atoms with Gasteiger partial charge < -0.3 is 5.32 Å². The van der Waals surface area contributed by atoms with Gasteiger partial charge in [0.25, 0.3) is 0 Å². The minimum absolute atomic E-state index is 0.264. The predicted molar refractivity (Wildman–Crippen MR) is 71.7 cm³/mol. The molecule has 0 bridgehead atoms. The van der Waals surface area contributed by atoms with E-state index in [-0.39, 0.29) is 6.04 Å². The second-order valence-corrected chi connectivity index (χ2v) is 4.76. The van der Waals surface area contributed by atoms with Crippen molar-refractivity contribution in [2.75, 3.05) is 7.05 Å². The lowest BCUT2D eigenvalue weighted by molar-refractivity contribution is 0.589. The monoisotopic (exact) mass is 291 g/mol. The Kier molecular flexibility index (Phi) is 4.23. The van der Waals surface area contributed by atoms with Crippen molar-refractivity contribution in [1.82, 2.24) is 15.3 Å². The summed E-state index contributed by atoms with van der Waals surface area (Å²) in [5.41, 5.74) is 2.39. The van der Waals surface area contributed by atoms with E-state index in [2.05, 4.69) is 43.3 Å². The first-order valence-corrected chi connectivity index (χ1v) is 6.25. The van der Waals surface area contributed by atoms with Crippen molar-refractivity contribution >= 4 is 15.9 Å². The third kappa shape index (κ3) is 3.35. The Bertz CT molecular complexity index is 473. The summed E-state index contributed by atoms with van der Waals surface area (Å²) < 4.78 is 1.01. The van der Waals surface area contributed by atoms with E-state index in [1.807, 2.05) is 25.5 Å². The van der Waals surface area contributed by atoms with Crippen LogP contribution in [0.25, 0.3) is 0 Å². The van der Waals surface area contributed by atoms with Crippen LogP contribution in [0.3, 0.4) is 0 Å². The van der Waals surface area contributed by atoms with Crippen LogP contribution in [0, 0.1) is 0 Å². The summed E-state index contributed by atoms with van der Waals surface area (Å²) in [6, 6.07) is 6.39. The van der Waals surface area contributed by atoms with Crippen LogP contribution in [0.15, 0.2) is 47.5 Å². The molecule has 1 unspecified atom stereocenters. The highest BCUT2D eigenvalue weighted by molar-refractivity contribution is 9.10. The molecule has 17 heavy (non-hydrogen) atoms. The van der Waals surface area contributed by atoms with Crippen LogP contribution in [-0.4, -0.2) is 17.0 Å². The fraction of sp³-hybridized carbons (Fsp3) is 0.231. The van der Waals surface area contributed by atoms with Gasteiger partial charge in [-0.25, -0.2) is 0 Å². The zero-order valence-corrected chi connectivity index (χ0v) is 11.2. The van der Waals surface area contributed by atoms with Gasteiger partial charge in [0.05, 0.1) is 0 Å². The molecule has 0 radical (unpaired) electrons. The highest BCUT2D eigenvalue weighted by atomic mass is 79.9. The van der Waals surface area contributed by atoms with Crippen molar-refractivity contribution in [1.29, 1.82) is 0 Å². The van der Waals surface area contributed by atoms with E-state index in [0.29, 0.717) is 0 Å². The molecule has 88 valence electrons. The molecular weight excluding hydrogens is 278 g/mol. The minimum Gasteiger partial charge on any atom is -0.313 e. The highest BCUT2D eigenvalue weighted by Crippen LogP contribution is 2.18. The van der Waals surface area contributed by atoms with Crippen molar-refractivity contribution in [3.05, 3.63) is 58.6 Å². The third-order valence-electron chi connectivity index (χ3n) is 2.64. The number of halogens is 1. The van der Waals surface area contributed by atoms with Crippen molar-refractivity contribution in [2.45, 2.75) is 12.5 Å². The average molecular weight is 292 g/mol. The number of nitrogens with one attached hydrogen (secondary N) is 1. The lowest BCUT2D eigenvalue weighted by atomic mass is 10.0. The molecule has 1 atom stereocenters. The normalized spacial score (nSPS) is 12.4. The van der Waals surface area contributed by atoms with E-state index >= 15 is 0 Å². The first-order valence-electron chi connectivity index (χ1n) is 5.46. The summed E-state index contributed by atoms with van der Waals surface area (Å²) >= 11 is 3.43. The van der Waals surface area contributed by atoms with Crippen molar-refractivity contribution in [3.8, 4) is 0 Å². The molecule has 2 heterocycles. The first kappa shape index (κ1) is 12.2. The fourth-order valence-corrected chi connectivity index (χ4v) is 2.18. The van der Waals surface area contributed by atoms with Gasteiger partial charge in [-0.1, -0.05) is 6.07 Å². The molecule has 2 aromatic heterocycles. The summed E-state index contributed by atoms with van der Waals surface area (Å²) in [5.74, 6) is 0. The SMILES string of the molecule is CNC(Cc1cncc(Br)c1)c1cccnc1. The van der Waals surface area contributed by atoms with Crippen LogP contribution in [-0.2, 0) is 6.42 Å². The molecule has 3 nitrogen and oxygen atoms in total. The van der Waals surface area contributed by atoms with Gasteiger partial charge >= 0.3 is 0 Å². The summed E-state index contributed by atoms with van der Waals surface area (Å²) in [7, 11) is 1.96. The van der Waals surface area contributed by atoms with Gasteiger partial charge in [-0.05, 0) is 52.7 Å². The first-order chi connectivity index (χ1) is 8.29. The van der Waals surface area contributed by atoms with Crippen molar-refractivity contribution < 1.29 is 0 Å². The molecule has 0 amide bonds. The molecule has 0 aromatic carbocycles. The van der Waals surface area contributed by atoms with Crippen molar-refractivity contribution in [3.63, 3.8) is 0 Å². The largest absolute Gasteiger partial charge is 0.313 e. The Balaban J connectivity index is 2.16. The maximum Gasteiger partial charge on any atom is 0.0410 e. The zero-order chi connectivity index (χ0) is 12.1. The second kappa shape index (κ2) is 5.89.